The minimum Gasteiger partial charge on any atom is -0.351 e. The van der Waals surface area contributed by atoms with Gasteiger partial charge in [-0.25, -0.2) is 4.39 Å². The zero-order valence-corrected chi connectivity index (χ0v) is 10.5. The Morgan fingerprint density at radius 2 is 2.38 bits per heavy atom. The van der Waals surface area contributed by atoms with E-state index < -0.39 is 5.82 Å². The first-order valence-electron chi connectivity index (χ1n) is 4.47. The standard InChI is InChI=1S/C10H10FIN2O2/c1-2-3-13-9(15)6-14-5-7(11)4-8(12)10(14)16/h2,4-5H,1,3,6H2,(H,13,15). The van der Waals surface area contributed by atoms with E-state index in [4.69, 9.17) is 0 Å². The maximum atomic E-state index is 13.0. The first kappa shape index (κ1) is 12.9. The normalized spacial score (nSPS) is 9.88. The van der Waals surface area contributed by atoms with Crippen molar-refractivity contribution in [2.75, 3.05) is 6.54 Å². The van der Waals surface area contributed by atoms with Crippen molar-refractivity contribution in [3.05, 3.63) is 44.7 Å². The zero-order valence-electron chi connectivity index (χ0n) is 8.37. The molecule has 0 aliphatic rings. The Hall–Kier alpha value is -1.18. The lowest BCUT2D eigenvalue weighted by molar-refractivity contribution is -0.121. The molecule has 86 valence electrons. The predicted octanol–water partition coefficient (Wildman–Crippen LogP) is 0.894. The molecule has 0 aliphatic heterocycles. The first-order chi connectivity index (χ1) is 7.54. The minimum absolute atomic E-state index is 0.194. The number of aromatic nitrogens is 1. The second kappa shape index (κ2) is 5.78. The summed E-state index contributed by atoms with van der Waals surface area (Å²) in [5, 5.41) is 2.51. The van der Waals surface area contributed by atoms with Gasteiger partial charge in [0.1, 0.15) is 12.4 Å². The molecule has 0 saturated carbocycles. The van der Waals surface area contributed by atoms with Crippen LogP contribution in [0.15, 0.2) is 29.7 Å². The van der Waals surface area contributed by atoms with Crippen LogP contribution >= 0.6 is 22.6 Å². The summed E-state index contributed by atoms with van der Waals surface area (Å²) in [6.45, 7) is 3.57. The summed E-state index contributed by atoms with van der Waals surface area (Å²) in [5.41, 5.74) is -0.379. The molecule has 0 radical (unpaired) electrons. The number of nitrogens with one attached hydrogen (secondary N) is 1. The van der Waals surface area contributed by atoms with Crippen molar-refractivity contribution in [2.24, 2.45) is 0 Å². The van der Waals surface area contributed by atoms with Gasteiger partial charge >= 0.3 is 0 Å². The number of halogens is 2. The average Bonchev–Trinajstić information content (AvgIpc) is 2.22. The van der Waals surface area contributed by atoms with Crippen LogP contribution in [-0.4, -0.2) is 17.0 Å². The number of pyridine rings is 1. The van der Waals surface area contributed by atoms with Crippen LogP contribution in [0.1, 0.15) is 0 Å². The molecule has 1 rings (SSSR count). The molecule has 1 amide bonds. The monoisotopic (exact) mass is 336 g/mol. The number of nitrogens with zero attached hydrogens (tertiary/aromatic N) is 1. The molecule has 1 heterocycles. The van der Waals surface area contributed by atoms with Crippen LogP contribution in [0, 0.1) is 9.39 Å². The van der Waals surface area contributed by atoms with Crippen molar-refractivity contribution in [3.63, 3.8) is 0 Å². The predicted molar refractivity (Wildman–Crippen MR) is 66.6 cm³/mol. The van der Waals surface area contributed by atoms with Crippen LogP contribution in [0.4, 0.5) is 4.39 Å². The largest absolute Gasteiger partial charge is 0.351 e. The van der Waals surface area contributed by atoms with E-state index in [1.165, 1.54) is 6.08 Å². The van der Waals surface area contributed by atoms with Crippen LogP contribution in [-0.2, 0) is 11.3 Å². The molecule has 1 aromatic rings. The highest BCUT2D eigenvalue weighted by Crippen LogP contribution is 2.01. The molecule has 1 aromatic heterocycles. The highest BCUT2D eigenvalue weighted by Gasteiger charge is 2.07. The van der Waals surface area contributed by atoms with Gasteiger partial charge in [-0.05, 0) is 28.7 Å². The number of carbonyl (C=O) groups excluding carboxylic acids is 1. The molecule has 0 unspecified atom stereocenters. The van der Waals surface area contributed by atoms with Gasteiger partial charge in [-0.15, -0.1) is 6.58 Å². The Morgan fingerprint density at radius 1 is 1.69 bits per heavy atom. The van der Waals surface area contributed by atoms with Gasteiger partial charge < -0.3 is 9.88 Å². The second-order valence-electron chi connectivity index (χ2n) is 3.03. The van der Waals surface area contributed by atoms with Crippen molar-refractivity contribution in [1.29, 1.82) is 0 Å². The summed E-state index contributed by atoms with van der Waals surface area (Å²) in [4.78, 5) is 22.8. The van der Waals surface area contributed by atoms with E-state index >= 15 is 0 Å². The van der Waals surface area contributed by atoms with Crippen LogP contribution < -0.4 is 10.9 Å². The summed E-state index contributed by atoms with van der Waals surface area (Å²) >= 11 is 1.73. The lowest BCUT2D eigenvalue weighted by Crippen LogP contribution is -2.33. The van der Waals surface area contributed by atoms with Crippen LogP contribution in [0.5, 0.6) is 0 Å². The van der Waals surface area contributed by atoms with E-state index in [-0.39, 0.29) is 21.6 Å². The molecule has 0 bridgehead atoms. The van der Waals surface area contributed by atoms with Gasteiger partial charge in [0.05, 0.1) is 3.57 Å². The highest BCUT2D eigenvalue weighted by molar-refractivity contribution is 14.1. The molecule has 0 aliphatic carbocycles. The van der Waals surface area contributed by atoms with Gasteiger partial charge in [0.15, 0.2) is 0 Å². The second-order valence-corrected chi connectivity index (χ2v) is 4.19. The molecule has 4 nitrogen and oxygen atoms in total. The van der Waals surface area contributed by atoms with Crippen molar-refractivity contribution >= 4 is 28.5 Å². The molecule has 1 N–H and O–H groups in total. The molecule has 0 atom stereocenters. The van der Waals surface area contributed by atoms with Crippen molar-refractivity contribution in [1.82, 2.24) is 9.88 Å². The number of hydrogen-bond acceptors (Lipinski definition) is 2. The van der Waals surface area contributed by atoms with Crippen molar-refractivity contribution in [2.45, 2.75) is 6.54 Å². The van der Waals surface area contributed by atoms with Crippen LogP contribution in [0.2, 0.25) is 0 Å². The third-order valence-corrected chi connectivity index (χ3v) is 2.54. The maximum Gasteiger partial charge on any atom is 0.264 e. The van der Waals surface area contributed by atoms with E-state index in [0.29, 0.717) is 6.54 Å². The fourth-order valence-electron chi connectivity index (χ4n) is 1.08. The molecule has 0 saturated heterocycles. The van der Waals surface area contributed by atoms with Gasteiger partial charge in [0, 0.05) is 12.7 Å². The minimum atomic E-state index is -0.541. The molecule has 0 fully saturated rings. The quantitative estimate of drug-likeness (QED) is 0.656. The van der Waals surface area contributed by atoms with E-state index in [1.54, 1.807) is 22.6 Å². The van der Waals surface area contributed by atoms with Crippen LogP contribution in [0.25, 0.3) is 0 Å². The summed E-state index contributed by atoms with van der Waals surface area (Å²) in [5.74, 6) is -0.899. The molecule has 0 spiro atoms. The summed E-state index contributed by atoms with van der Waals surface area (Å²) in [6, 6.07) is 1.13. The Bertz CT molecular complexity index is 470. The van der Waals surface area contributed by atoms with Crippen molar-refractivity contribution in [3.8, 4) is 0 Å². The molecular weight excluding hydrogens is 326 g/mol. The van der Waals surface area contributed by atoms with E-state index in [9.17, 15) is 14.0 Å². The highest BCUT2D eigenvalue weighted by atomic mass is 127. The number of hydrogen-bond donors (Lipinski definition) is 1. The average molecular weight is 336 g/mol. The Kier molecular flexibility index (Phi) is 4.66. The lowest BCUT2D eigenvalue weighted by Gasteiger charge is -2.06. The lowest BCUT2D eigenvalue weighted by atomic mass is 10.4. The maximum absolute atomic E-state index is 13.0. The van der Waals surface area contributed by atoms with E-state index in [0.717, 1.165) is 16.8 Å². The molecular formula is C10H10FIN2O2. The molecule has 6 heteroatoms. The summed E-state index contributed by atoms with van der Waals surface area (Å²) < 4.78 is 14.3. The van der Waals surface area contributed by atoms with Crippen molar-refractivity contribution < 1.29 is 9.18 Å². The third kappa shape index (κ3) is 3.44. The fourth-order valence-corrected chi connectivity index (χ4v) is 1.69. The van der Waals surface area contributed by atoms with E-state index in [2.05, 4.69) is 11.9 Å². The van der Waals surface area contributed by atoms with Gasteiger partial charge in [0.25, 0.3) is 5.56 Å². The number of amides is 1. The Morgan fingerprint density at radius 3 is 3.00 bits per heavy atom. The number of rotatable bonds is 4. The van der Waals surface area contributed by atoms with Gasteiger partial charge in [-0.3, -0.25) is 9.59 Å². The van der Waals surface area contributed by atoms with Gasteiger partial charge in [0.2, 0.25) is 5.91 Å². The number of carbonyl (C=O) groups is 1. The smallest absolute Gasteiger partial charge is 0.264 e. The Balaban J connectivity index is 2.85. The van der Waals surface area contributed by atoms with Gasteiger partial charge in [-0.2, -0.15) is 0 Å². The Labute approximate surface area is 105 Å². The summed E-state index contributed by atoms with van der Waals surface area (Å²) in [6.07, 6.45) is 2.54. The zero-order chi connectivity index (χ0) is 12.1. The topological polar surface area (TPSA) is 51.1 Å². The SMILES string of the molecule is C=CCNC(=O)Cn1cc(F)cc(I)c1=O. The fraction of sp³-hybridized carbons (Fsp3) is 0.200. The van der Waals surface area contributed by atoms with Crippen LogP contribution in [0.3, 0.4) is 0 Å². The summed E-state index contributed by atoms with van der Waals surface area (Å²) in [7, 11) is 0. The van der Waals surface area contributed by atoms with Gasteiger partial charge in [-0.1, -0.05) is 6.08 Å². The third-order valence-electron chi connectivity index (χ3n) is 1.77. The van der Waals surface area contributed by atoms with E-state index in [1.807, 2.05) is 0 Å². The molecule has 16 heavy (non-hydrogen) atoms. The first-order valence-corrected chi connectivity index (χ1v) is 5.55. The molecule has 0 aromatic carbocycles.